The fourth-order valence-electron chi connectivity index (χ4n) is 2.55. The van der Waals surface area contributed by atoms with E-state index < -0.39 is 0 Å². The predicted molar refractivity (Wildman–Crippen MR) is 70.5 cm³/mol. The summed E-state index contributed by atoms with van der Waals surface area (Å²) in [6.45, 7) is 4.77. The van der Waals surface area contributed by atoms with Gasteiger partial charge in [-0.3, -0.25) is 4.79 Å². The number of piperidine rings is 1. The molecule has 1 aliphatic heterocycles. The zero-order valence-electron chi connectivity index (χ0n) is 10.8. The van der Waals surface area contributed by atoms with Gasteiger partial charge in [0.25, 0.3) is 0 Å². The van der Waals surface area contributed by atoms with Gasteiger partial charge in [0.2, 0.25) is 5.91 Å². The molecule has 0 radical (unpaired) electrons. The van der Waals surface area contributed by atoms with Crippen LogP contribution in [0.2, 0.25) is 0 Å². The van der Waals surface area contributed by atoms with Crippen LogP contribution in [0.4, 0.5) is 0 Å². The summed E-state index contributed by atoms with van der Waals surface area (Å²) in [6.07, 6.45) is 10.8. The van der Waals surface area contributed by atoms with Gasteiger partial charge < -0.3 is 10.6 Å². The highest BCUT2D eigenvalue weighted by atomic mass is 16.2. The SMILES string of the molecule is C#CCCCNC(=O)C1(CCC)CCNCC1. The van der Waals surface area contributed by atoms with E-state index in [9.17, 15) is 4.79 Å². The van der Waals surface area contributed by atoms with Gasteiger partial charge in [0.05, 0.1) is 5.41 Å². The van der Waals surface area contributed by atoms with Crippen molar-refractivity contribution in [2.24, 2.45) is 5.41 Å². The number of unbranched alkanes of at least 4 members (excludes halogenated alkanes) is 1. The van der Waals surface area contributed by atoms with Crippen molar-refractivity contribution >= 4 is 5.91 Å². The Morgan fingerprint density at radius 2 is 2.18 bits per heavy atom. The van der Waals surface area contributed by atoms with Crippen molar-refractivity contribution in [1.29, 1.82) is 0 Å². The van der Waals surface area contributed by atoms with Gasteiger partial charge in [-0.1, -0.05) is 13.3 Å². The van der Waals surface area contributed by atoms with E-state index in [0.29, 0.717) is 6.54 Å². The number of hydrogen-bond acceptors (Lipinski definition) is 2. The third kappa shape index (κ3) is 4.05. The summed E-state index contributed by atoms with van der Waals surface area (Å²) in [7, 11) is 0. The molecule has 0 bridgehead atoms. The highest BCUT2D eigenvalue weighted by molar-refractivity contribution is 5.82. The Kier molecular flexibility index (Phi) is 6.07. The molecule has 3 heteroatoms. The highest BCUT2D eigenvalue weighted by Crippen LogP contribution is 2.34. The topological polar surface area (TPSA) is 41.1 Å². The van der Waals surface area contributed by atoms with Gasteiger partial charge in [-0.15, -0.1) is 12.3 Å². The van der Waals surface area contributed by atoms with E-state index in [0.717, 1.165) is 51.6 Å². The zero-order valence-corrected chi connectivity index (χ0v) is 10.8. The Labute approximate surface area is 105 Å². The lowest BCUT2D eigenvalue weighted by atomic mass is 9.74. The minimum Gasteiger partial charge on any atom is -0.356 e. The first kappa shape index (κ1) is 14.1. The van der Waals surface area contributed by atoms with Crippen molar-refractivity contribution in [2.75, 3.05) is 19.6 Å². The molecular weight excluding hydrogens is 212 g/mol. The fourth-order valence-corrected chi connectivity index (χ4v) is 2.55. The number of carbonyl (C=O) groups is 1. The zero-order chi connectivity index (χ0) is 12.6. The lowest BCUT2D eigenvalue weighted by Crippen LogP contribution is -2.47. The molecule has 0 aromatic carbocycles. The van der Waals surface area contributed by atoms with Crippen molar-refractivity contribution < 1.29 is 4.79 Å². The second kappa shape index (κ2) is 7.34. The molecule has 0 unspecified atom stereocenters. The minimum absolute atomic E-state index is 0.129. The molecule has 1 saturated heterocycles. The number of terminal acetylenes is 1. The van der Waals surface area contributed by atoms with Crippen LogP contribution in [0.25, 0.3) is 0 Å². The van der Waals surface area contributed by atoms with E-state index in [1.807, 2.05) is 0 Å². The smallest absolute Gasteiger partial charge is 0.226 e. The molecule has 96 valence electrons. The molecule has 0 aromatic rings. The Balaban J connectivity index is 2.45. The number of nitrogens with one attached hydrogen (secondary N) is 2. The summed E-state index contributed by atoms with van der Waals surface area (Å²) >= 11 is 0. The Morgan fingerprint density at radius 3 is 2.76 bits per heavy atom. The maximum atomic E-state index is 12.3. The number of rotatable bonds is 6. The third-order valence-electron chi connectivity index (χ3n) is 3.55. The standard InChI is InChI=1S/C14H24N2O/c1-3-5-6-10-16-13(17)14(7-4-2)8-11-15-12-9-14/h1,15H,4-12H2,2H3,(H,16,17). The van der Waals surface area contributed by atoms with Gasteiger partial charge >= 0.3 is 0 Å². The molecule has 0 saturated carbocycles. The summed E-state index contributed by atoms with van der Waals surface area (Å²) in [4.78, 5) is 12.3. The largest absolute Gasteiger partial charge is 0.356 e. The van der Waals surface area contributed by atoms with E-state index >= 15 is 0 Å². The summed E-state index contributed by atoms with van der Waals surface area (Å²) in [5.41, 5.74) is -0.129. The molecule has 0 aromatic heterocycles. The Morgan fingerprint density at radius 1 is 1.47 bits per heavy atom. The molecule has 2 N–H and O–H groups in total. The van der Waals surface area contributed by atoms with Gasteiger partial charge in [-0.05, 0) is 38.8 Å². The van der Waals surface area contributed by atoms with Crippen LogP contribution in [0.1, 0.15) is 45.4 Å². The Bertz CT molecular complexity index is 269. The summed E-state index contributed by atoms with van der Waals surface area (Å²) in [5.74, 6) is 2.83. The van der Waals surface area contributed by atoms with E-state index in [4.69, 9.17) is 6.42 Å². The van der Waals surface area contributed by atoms with Crippen LogP contribution in [0.15, 0.2) is 0 Å². The second-order valence-corrected chi connectivity index (χ2v) is 4.84. The van der Waals surface area contributed by atoms with Gasteiger partial charge in [0.1, 0.15) is 0 Å². The van der Waals surface area contributed by atoms with Crippen molar-refractivity contribution in [3.8, 4) is 12.3 Å². The molecule has 1 amide bonds. The van der Waals surface area contributed by atoms with Crippen LogP contribution in [0, 0.1) is 17.8 Å². The molecule has 0 aliphatic carbocycles. The Hall–Kier alpha value is -1.01. The molecule has 1 heterocycles. The molecular formula is C14H24N2O. The highest BCUT2D eigenvalue weighted by Gasteiger charge is 2.38. The first-order valence-corrected chi connectivity index (χ1v) is 6.67. The normalized spacial score (nSPS) is 18.4. The van der Waals surface area contributed by atoms with Gasteiger partial charge in [-0.2, -0.15) is 0 Å². The lowest BCUT2D eigenvalue weighted by molar-refractivity contribution is -0.133. The van der Waals surface area contributed by atoms with Crippen molar-refractivity contribution in [1.82, 2.24) is 10.6 Å². The fraction of sp³-hybridized carbons (Fsp3) is 0.786. The molecule has 0 spiro atoms. The van der Waals surface area contributed by atoms with Crippen LogP contribution in [-0.2, 0) is 4.79 Å². The number of carbonyl (C=O) groups excluding carboxylic acids is 1. The first-order chi connectivity index (χ1) is 8.25. The van der Waals surface area contributed by atoms with Crippen LogP contribution in [0.3, 0.4) is 0 Å². The maximum Gasteiger partial charge on any atom is 0.226 e. The average molecular weight is 236 g/mol. The van der Waals surface area contributed by atoms with Gasteiger partial charge in [0, 0.05) is 13.0 Å². The quantitative estimate of drug-likeness (QED) is 0.544. The van der Waals surface area contributed by atoms with Crippen molar-refractivity contribution in [3.05, 3.63) is 0 Å². The molecule has 3 nitrogen and oxygen atoms in total. The van der Waals surface area contributed by atoms with Crippen LogP contribution in [0.5, 0.6) is 0 Å². The first-order valence-electron chi connectivity index (χ1n) is 6.67. The average Bonchev–Trinajstić information content (AvgIpc) is 2.36. The van der Waals surface area contributed by atoms with Crippen molar-refractivity contribution in [2.45, 2.75) is 45.4 Å². The van der Waals surface area contributed by atoms with Gasteiger partial charge in [0.15, 0.2) is 0 Å². The molecule has 1 fully saturated rings. The third-order valence-corrected chi connectivity index (χ3v) is 3.55. The summed E-state index contributed by atoms with van der Waals surface area (Å²) < 4.78 is 0. The minimum atomic E-state index is -0.129. The van der Waals surface area contributed by atoms with E-state index in [1.54, 1.807) is 0 Å². The molecule has 1 aliphatic rings. The summed E-state index contributed by atoms with van der Waals surface area (Å²) in [5, 5.41) is 6.37. The van der Waals surface area contributed by atoms with Crippen LogP contribution < -0.4 is 10.6 Å². The van der Waals surface area contributed by atoms with Crippen LogP contribution >= 0.6 is 0 Å². The monoisotopic (exact) mass is 236 g/mol. The predicted octanol–water partition coefficient (Wildman–Crippen LogP) is 1.69. The van der Waals surface area contributed by atoms with Crippen molar-refractivity contribution in [3.63, 3.8) is 0 Å². The maximum absolute atomic E-state index is 12.3. The molecule has 17 heavy (non-hydrogen) atoms. The second-order valence-electron chi connectivity index (χ2n) is 4.84. The molecule has 0 atom stereocenters. The summed E-state index contributed by atoms with van der Waals surface area (Å²) in [6, 6.07) is 0. The van der Waals surface area contributed by atoms with E-state index in [2.05, 4.69) is 23.5 Å². The lowest BCUT2D eigenvalue weighted by Gasteiger charge is -2.36. The molecule has 1 rings (SSSR count). The van der Waals surface area contributed by atoms with E-state index in [-0.39, 0.29) is 11.3 Å². The number of hydrogen-bond donors (Lipinski definition) is 2. The number of amides is 1. The van der Waals surface area contributed by atoms with Crippen LogP contribution in [-0.4, -0.2) is 25.5 Å². The van der Waals surface area contributed by atoms with E-state index in [1.165, 1.54) is 0 Å². The van der Waals surface area contributed by atoms with Gasteiger partial charge in [-0.25, -0.2) is 0 Å².